The fraction of sp³-hybridized carbons (Fsp3) is 0.0141. The van der Waals surface area contributed by atoms with E-state index in [1.54, 1.807) is 0 Å². The summed E-state index contributed by atoms with van der Waals surface area (Å²) in [6, 6.07) is 97.1. The van der Waals surface area contributed by atoms with Crippen LogP contribution < -0.4 is 0 Å². The highest BCUT2D eigenvalue weighted by Gasteiger charge is 2.22. The Hall–Kier alpha value is -9.30. The molecule has 14 aromatic rings. The minimum Gasteiger partial charge on any atom is -0.309 e. The van der Waals surface area contributed by atoms with Crippen molar-refractivity contribution < 1.29 is 0 Å². The molecule has 13 aromatic carbocycles. The highest BCUT2D eigenvalue weighted by atomic mass is 15.0. The van der Waals surface area contributed by atoms with Crippen molar-refractivity contribution in [3.05, 3.63) is 272 Å². The van der Waals surface area contributed by atoms with E-state index in [1.165, 1.54) is 148 Å². The molecule has 1 heteroatoms. The number of aromatic nitrogens is 1. The molecule has 1 heterocycles. The van der Waals surface area contributed by atoms with Crippen LogP contribution in [-0.2, 0) is 6.42 Å². The SMILES string of the molecule is c1ccc(-c2ccc3c(c2)Cc2cc(-n4c5ccc(-c6ccc(-c7cc8ccccc8c8ccccc78)cc6)cc5c5cc(-c6ccc(-c7cc8ccccc8c8ccccc78)cc6)ccc54)ccc2-3)cc1. The topological polar surface area (TPSA) is 4.93 Å². The van der Waals surface area contributed by atoms with Crippen LogP contribution in [0.2, 0.25) is 0 Å². The Morgan fingerprint density at radius 1 is 0.222 bits per heavy atom. The van der Waals surface area contributed by atoms with Gasteiger partial charge < -0.3 is 4.57 Å². The van der Waals surface area contributed by atoms with Gasteiger partial charge in [-0.15, -0.1) is 0 Å². The lowest BCUT2D eigenvalue weighted by Gasteiger charge is -2.12. The maximum Gasteiger partial charge on any atom is 0.0541 e. The van der Waals surface area contributed by atoms with Crippen LogP contribution in [0.3, 0.4) is 0 Å². The molecule has 0 bridgehead atoms. The van der Waals surface area contributed by atoms with Gasteiger partial charge in [0.15, 0.2) is 0 Å². The molecule has 0 atom stereocenters. The maximum absolute atomic E-state index is 2.48. The zero-order valence-electron chi connectivity index (χ0n) is 39.5. The molecule has 1 aliphatic carbocycles. The Morgan fingerprint density at radius 2 is 0.611 bits per heavy atom. The van der Waals surface area contributed by atoms with Gasteiger partial charge in [-0.25, -0.2) is 0 Å². The molecule has 0 fully saturated rings. The summed E-state index contributed by atoms with van der Waals surface area (Å²) in [5.74, 6) is 0. The van der Waals surface area contributed by atoms with Gasteiger partial charge in [-0.3, -0.25) is 0 Å². The summed E-state index contributed by atoms with van der Waals surface area (Å²) in [5.41, 5.74) is 21.3. The van der Waals surface area contributed by atoms with Crippen molar-refractivity contribution >= 4 is 64.9 Å². The highest BCUT2D eigenvalue weighted by molar-refractivity contribution is 6.16. The van der Waals surface area contributed by atoms with Gasteiger partial charge in [0, 0.05) is 16.5 Å². The molecule has 0 N–H and O–H groups in total. The maximum atomic E-state index is 2.48. The summed E-state index contributed by atoms with van der Waals surface area (Å²) in [7, 11) is 0. The number of rotatable bonds is 6. The van der Waals surface area contributed by atoms with E-state index < -0.39 is 0 Å². The van der Waals surface area contributed by atoms with E-state index >= 15 is 0 Å². The van der Waals surface area contributed by atoms with E-state index in [1.807, 2.05) is 0 Å². The van der Waals surface area contributed by atoms with Crippen molar-refractivity contribution in [2.75, 3.05) is 0 Å². The van der Waals surface area contributed by atoms with Gasteiger partial charge in [-0.05, 0) is 176 Å². The zero-order valence-corrected chi connectivity index (χ0v) is 39.5. The standard InChI is InChI=1S/C71H45N/c1-2-12-45(13-3-1)50-30-34-60-55(38-50)39-56-40-57(33-35-61(56)60)72-70-36-31-51(46-22-26-48(27-23-46)66-43-53-14-4-6-16-58(53)62-18-8-10-20-64(62)66)41-68(70)69-42-52(32-37-71(69)72)47-24-28-49(29-25-47)67-44-54-15-5-7-17-59(54)63-19-9-11-21-65(63)67/h1-38,40-44H,39H2. The Kier molecular flexibility index (Phi) is 9.09. The van der Waals surface area contributed by atoms with Crippen LogP contribution in [0.5, 0.6) is 0 Å². The number of hydrogen-bond donors (Lipinski definition) is 0. The minimum absolute atomic E-state index is 0.917. The van der Waals surface area contributed by atoms with Gasteiger partial charge in [-0.1, -0.05) is 212 Å². The number of fused-ring (bicyclic) bond motifs is 12. The summed E-state index contributed by atoms with van der Waals surface area (Å²) in [6.45, 7) is 0. The Labute approximate surface area is 418 Å². The van der Waals surface area contributed by atoms with E-state index in [0.717, 1.165) is 6.42 Å². The molecule has 1 aliphatic rings. The van der Waals surface area contributed by atoms with E-state index in [2.05, 4.69) is 265 Å². The fourth-order valence-electron chi connectivity index (χ4n) is 12.1. The van der Waals surface area contributed by atoms with Crippen molar-refractivity contribution in [3.8, 4) is 72.4 Å². The predicted octanol–water partition coefficient (Wildman–Crippen LogP) is 19.3. The first-order valence-electron chi connectivity index (χ1n) is 25.1. The van der Waals surface area contributed by atoms with Crippen LogP contribution >= 0.6 is 0 Å². The van der Waals surface area contributed by atoms with E-state index in [9.17, 15) is 0 Å². The first-order chi connectivity index (χ1) is 35.7. The second-order valence-electron chi connectivity index (χ2n) is 19.6. The van der Waals surface area contributed by atoms with Crippen molar-refractivity contribution in [2.24, 2.45) is 0 Å². The second-order valence-corrected chi connectivity index (χ2v) is 19.6. The third-order valence-electron chi connectivity index (χ3n) is 15.6. The van der Waals surface area contributed by atoms with E-state index in [4.69, 9.17) is 0 Å². The monoisotopic (exact) mass is 911 g/mol. The van der Waals surface area contributed by atoms with Crippen LogP contribution in [0.15, 0.2) is 261 Å². The molecule has 72 heavy (non-hydrogen) atoms. The van der Waals surface area contributed by atoms with Crippen molar-refractivity contribution in [1.82, 2.24) is 4.57 Å². The summed E-state index contributed by atoms with van der Waals surface area (Å²) >= 11 is 0. The molecule has 0 amide bonds. The zero-order chi connectivity index (χ0) is 47.3. The largest absolute Gasteiger partial charge is 0.309 e. The Balaban J connectivity index is 0.845. The molecule has 0 aliphatic heterocycles. The third-order valence-corrected chi connectivity index (χ3v) is 15.6. The Bertz CT molecular complexity index is 4280. The van der Waals surface area contributed by atoms with Gasteiger partial charge >= 0.3 is 0 Å². The molecule has 0 radical (unpaired) electrons. The fourth-order valence-corrected chi connectivity index (χ4v) is 12.1. The van der Waals surface area contributed by atoms with Gasteiger partial charge in [0.1, 0.15) is 0 Å². The third kappa shape index (κ3) is 6.48. The summed E-state index contributed by atoms with van der Waals surface area (Å²) < 4.78 is 2.48. The lowest BCUT2D eigenvalue weighted by molar-refractivity contribution is 1.16. The first kappa shape index (κ1) is 40.6. The van der Waals surface area contributed by atoms with Crippen LogP contribution in [0.1, 0.15) is 11.1 Å². The number of benzene rings is 13. The molecule has 1 nitrogen and oxygen atoms in total. The predicted molar refractivity (Wildman–Crippen MR) is 306 cm³/mol. The van der Waals surface area contributed by atoms with Gasteiger partial charge in [0.25, 0.3) is 0 Å². The molecular formula is C71H45N. The normalized spacial score (nSPS) is 12.1. The van der Waals surface area contributed by atoms with Crippen LogP contribution in [-0.4, -0.2) is 4.57 Å². The summed E-state index contributed by atoms with van der Waals surface area (Å²) in [4.78, 5) is 0. The van der Waals surface area contributed by atoms with E-state index in [-0.39, 0.29) is 0 Å². The number of nitrogens with zero attached hydrogens (tertiary/aromatic N) is 1. The highest BCUT2D eigenvalue weighted by Crippen LogP contribution is 2.44. The second kappa shape index (κ2) is 16.1. The van der Waals surface area contributed by atoms with Crippen molar-refractivity contribution in [3.63, 3.8) is 0 Å². The molecule has 0 saturated heterocycles. The van der Waals surface area contributed by atoms with Gasteiger partial charge in [0.05, 0.1) is 11.0 Å². The van der Waals surface area contributed by atoms with E-state index in [0.29, 0.717) is 0 Å². The van der Waals surface area contributed by atoms with Crippen molar-refractivity contribution in [1.29, 1.82) is 0 Å². The lowest BCUT2D eigenvalue weighted by atomic mass is 9.92. The van der Waals surface area contributed by atoms with Crippen molar-refractivity contribution in [2.45, 2.75) is 6.42 Å². The molecular weight excluding hydrogens is 867 g/mol. The average molecular weight is 912 g/mol. The first-order valence-corrected chi connectivity index (χ1v) is 25.1. The molecule has 0 spiro atoms. The molecule has 0 saturated carbocycles. The smallest absolute Gasteiger partial charge is 0.0541 e. The van der Waals surface area contributed by atoms with Crippen LogP contribution in [0, 0.1) is 0 Å². The molecule has 0 unspecified atom stereocenters. The summed E-state index contributed by atoms with van der Waals surface area (Å²) in [6.07, 6.45) is 0.917. The van der Waals surface area contributed by atoms with Gasteiger partial charge in [-0.2, -0.15) is 0 Å². The van der Waals surface area contributed by atoms with Gasteiger partial charge in [0.2, 0.25) is 0 Å². The molecule has 15 rings (SSSR count). The lowest BCUT2D eigenvalue weighted by Crippen LogP contribution is -1.95. The van der Waals surface area contributed by atoms with Crippen LogP contribution in [0.4, 0.5) is 0 Å². The summed E-state index contributed by atoms with van der Waals surface area (Å²) in [5, 5.41) is 12.7. The minimum atomic E-state index is 0.917. The van der Waals surface area contributed by atoms with Crippen LogP contribution in [0.25, 0.3) is 137 Å². The average Bonchev–Trinajstić information content (AvgIpc) is 3.99. The molecule has 1 aromatic heterocycles. The quantitative estimate of drug-likeness (QED) is 0.147. The molecule has 334 valence electrons. The number of hydrogen-bond acceptors (Lipinski definition) is 0. The Morgan fingerprint density at radius 3 is 1.15 bits per heavy atom.